The smallest absolute Gasteiger partial charge is 0.292 e. The summed E-state index contributed by atoms with van der Waals surface area (Å²) >= 11 is 11.9. The van der Waals surface area contributed by atoms with Gasteiger partial charge in [-0.25, -0.2) is 4.90 Å². The average Bonchev–Trinajstić information content (AvgIpc) is 2.78. The number of nitrogens with zero attached hydrogens (tertiary/aromatic N) is 1. The summed E-state index contributed by atoms with van der Waals surface area (Å²) in [6, 6.07) is 4.60. The summed E-state index contributed by atoms with van der Waals surface area (Å²) in [4.78, 5) is 27.5. The Morgan fingerprint density at radius 3 is 2.45 bits per heavy atom. The van der Waals surface area contributed by atoms with Crippen molar-refractivity contribution in [1.29, 1.82) is 0 Å². The number of carbonyl (C=O) groups is 2. The highest BCUT2D eigenvalue weighted by molar-refractivity contribution is 6.42. The normalized spacial score (nSPS) is 29.2. The number of amides is 2. The molecule has 0 saturated carbocycles. The zero-order valence-corrected chi connectivity index (χ0v) is 14.0. The Morgan fingerprint density at radius 1 is 1.14 bits per heavy atom. The third-order valence-corrected chi connectivity index (χ3v) is 5.46. The predicted octanol–water partition coefficient (Wildman–Crippen LogP) is 1.94. The Hall–Kier alpha value is -1.10. The van der Waals surface area contributed by atoms with Crippen LogP contribution in [0.2, 0.25) is 10.0 Å². The Bertz CT molecular complexity index is 612. The Morgan fingerprint density at radius 2 is 1.82 bits per heavy atom. The van der Waals surface area contributed by atoms with Crippen molar-refractivity contribution in [3.8, 4) is 0 Å². The lowest BCUT2D eigenvalue weighted by Crippen LogP contribution is -3.17. The van der Waals surface area contributed by atoms with Gasteiger partial charge in [-0.2, -0.15) is 0 Å². The van der Waals surface area contributed by atoms with Gasteiger partial charge in [0.25, 0.3) is 5.91 Å². The van der Waals surface area contributed by atoms with E-state index in [-0.39, 0.29) is 24.3 Å². The molecule has 4 nitrogen and oxygen atoms in total. The maximum absolute atomic E-state index is 12.7. The minimum absolute atomic E-state index is 0.118. The number of halogens is 2. The number of hydrogen-bond acceptors (Lipinski definition) is 2. The lowest BCUT2D eigenvalue weighted by molar-refractivity contribution is -0.920. The van der Waals surface area contributed by atoms with E-state index in [1.54, 1.807) is 18.2 Å². The molecule has 0 bridgehead atoms. The lowest BCUT2D eigenvalue weighted by Gasteiger charge is -2.30. The average molecular weight is 342 g/mol. The second-order valence-corrected chi connectivity index (χ2v) is 7.08. The highest BCUT2D eigenvalue weighted by atomic mass is 35.5. The van der Waals surface area contributed by atoms with Crippen LogP contribution in [-0.2, 0) is 9.59 Å². The summed E-state index contributed by atoms with van der Waals surface area (Å²) in [6.07, 6.45) is 2.50. The van der Waals surface area contributed by atoms with Crippen molar-refractivity contribution in [3.05, 3.63) is 28.2 Å². The second-order valence-electron chi connectivity index (χ2n) is 6.26. The van der Waals surface area contributed by atoms with Gasteiger partial charge in [-0.1, -0.05) is 30.1 Å². The number of carbonyl (C=O) groups excluding carboxylic acids is 2. The van der Waals surface area contributed by atoms with Crippen molar-refractivity contribution >= 4 is 40.7 Å². The molecule has 1 aromatic rings. The first-order chi connectivity index (χ1) is 10.5. The molecular weight excluding hydrogens is 323 g/mol. The van der Waals surface area contributed by atoms with E-state index >= 15 is 0 Å². The highest BCUT2D eigenvalue weighted by Crippen LogP contribution is 2.29. The monoisotopic (exact) mass is 341 g/mol. The van der Waals surface area contributed by atoms with Crippen LogP contribution in [0.4, 0.5) is 5.69 Å². The molecule has 0 spiro atoms. The quantitative estimate of drug-likeness (QED) is 0.835. The van der Waals surface area contributed by atoms with Crippen LogP contribution in [-0.4, -0.2) is 30.9 Å². The van der Waals surface area contributed by atoms with Crippen LogP contribution in [0.3, 0.4) is 0 Å². The van der Waals surface area contributed by atoms with E-state index < -0.39 is 0 Å². The van der Waals surface area contributed by atoms with E-state index in [9.17, 15) is 9.59 Å². The molecule has 2 amide bonds. The van der Waals surface area contributed by atoms with Gasteiger partial charge in [0.2, 0.25) is 5.91 Å². The minimum atomic E-state index is -0.255. The fourth-order valence-electron chi connectivity index (χ4n) is 3.33. The van der Waals surface area contributed by atoms with E-state index in [2.05, 4.69) is 6.92 Å². The first-order valence-electron chi connectivity index (χ1n) is 7.64. The zero-order chi connectivity index (χ0) is 15.9. The highest BCUT2D eigenvalue weighted by Gasteiger charge is 2.46. The second kappa shape index (κ2) is 6.19. The summed E-state index contributed by atoms with van der Waals surface area (Å²) in [5, 5.41) is 0.763. The van der Waals surface area contributed by atoms with Gasteiger partial charge in [0, 0.05) is 0 Å². The van der Waals surface area contributed by atoms with Gasteiger partial charge in [0.15, 0.2) is 6.04 Å². The van der Waals surface area contributed by atoms with Crippen LogP contribution >= 0.6 is 23.2 Å². The van der Waals surface area contributed by atoms with Gasteiger partial charge in [-0.3, -0.25) is 9.59 Å². The van der Waals surface area contributed by atoms with Crippen molar-refractivity contribution in [2.75, 3.05) is 18.0 Å². The van der Waals surface area contributed by atoms with Gasteiger partial charge in [-0.15, -0.1) is 0 Å². The third kappa shape index (κ3) is 2.87. The van der Waals surface area contributed by atoms with Crippen LogP contribution in [0.15, 0.2) is 18.2 Å². The van der Waals surface area contributed by atoms with Crippen molar-refractivity contribution in [2.45, 2.75) is 32.2 Å². The molecular formula is C16H19Cl2N2O2+. The summed E-state index contributed by atoms with van der Waals surface area (Å²) in [7, 11) is 0. The zero-order valence-electron chi connectivity index (χ0n) is 12.4. The Labute approximate surface area is 140 Å². The number of hydrogen-bond donors (Lipinski definition) is 1. The first kappa shape index (κ1) is 15.8. The van der Waals surface area contributed by atoms with Crippen LogP contribution in [0.5, 0.6) is 0 Å². The van der Waals surface area contributed by atoms with Crippen LogP contribution in [0.1, 0.15) is 26.2 Å². The topological polar surface area (TPSA) is 41.8 Å². The van der Waals surface area contributed by atoms with Crippen molar-refractivity contribution < 1.29 is 14.5 Å². The molecule has 118 valence electrons. The molecule has 2 saturated heterocycles. The molecule has 1 atom stereocenters. The first-order valence-corrected chi connectivity index (χ1v) is 8.39. The number of piperidine rings is 1. The van der Waals surface area contributed by atoms with E-state index in [1.165, 1.54) is 9.80 Å². The molecule has 1 aromatic carbocycles. The predicted molar refractivity (Wildman–Crippen MR) is 86.5 cm³/mol. The molecule has 0 aliphatic carbocycles. The summed E-state index contributed by atoms with van der Waals surface area (Å²) in [5.74, 6) is 0.439. The van der Waals surface area contributed by atoms with E-state index in [1.807, 2.05) is 0 Å². The summed E-state index contributed by atoms with van der Waals surface area (Å²) in [6.45, 7) is 4.15. The van der Waals surface area contributed by atoms with E-state index in [4.69, 9.17) is 23.2 Å². The molecule has 3 rings (SSSR count). The number of likely N-dealkylation sites (tertiary alicyclic amines) is 1. The SMILES string of the molecule is CC1CC[NH+]([C@@H]2CC(=O)N(c3ccc(Cl)c(Cl)c3)C2=O)CC1. The maximum Gasteiger partial charge on any atom is 0.292 e. The number of benzene rings is 1. The fourth-order valence-corrected chi connectivity index (χ4v) is 3.62. The van der Waals surface area contributed by atoms with Crippen LogP contribution < -0.4 is 9.80 Å². The van der Waals surface area contributed by atoms with Crippen molar-refractivity contribution in [2.24, 2.45) is 5.92 Å². The van der Waals surface area contributed by atoms with E-state index in [0.717, 1.165) is 25.9 Å². The van der Waals surface area contributed by atoms with Crippen LogP contribution in [0, 0.1) is 5.92 Å². The molecule has 6 heteroatoms. The largest absolute Gasteiger partial charge is 0.324 e. The number of rotatable bonds is 2. The number of quaternary nitrogens is 1. The number of imide groups is 1. The number of nitrogens with one attached hydrogen (secondary N) is 1. The molecule has 1 N–H and O–H groups in total. The maximum atomic E-state index is 12.7. The van der Waals surface area contributed by atoms with Gasteiger partial charge < -0.3 is 4.90 Å². The van der Waals surface area contributed by atoms with Crippen molar-refractivity contribution in [1.82, 2.24) is 0 Å². The standard InChI is InChI=1S/C16H18Cl2N2O2/c1-10-4-6-19(7-5-10)14-9-15(21)20(16(14)22)11-2-3-12(17)13(18)8-11/h2-3,8,10,14H,4-7,9H2,1H3/p+1/t14-/m1/s1. The molecule has 2 aliphatic heterocycles. The summed E-state index contributed by atoms with van der Waals surface area (Å²) in [5.41, 5.74) is 0.511. The Balaban J connectivity index is 1.80. The van der Waals surface area contributed by atoms with Gasteiger partial charge >= 0.3 is 0 Å². The summed E-state index contributed by atoms with van der Waals surface area (Å²) < 4.78 is 0. The van der Waals surface area contributed by atoms with Gasteiger partial charge in [0.1, 0.15) is 0 Å². The Kier molecular flexibility index (Phi) is 4.44. The lowest BCUT2D eigenvalue weighted by atomic mass is 9.97. The van der Waals surface area contributed by atoms with Gasteiger partial charge in [-0.05, 0) is 37.0 Å². The minimum Gasteiger partial charge on any atom is -0.324 e. The molecule has 22 heavy (non-hydrogen) atoms. The van der Waals surface area contributed by atoms with Crippen LogP contribution in [0.25, 0.3) is 0 Å². The molecule has 0 aromatic heterocycles. The molecule has 0 unspecified atom stereocenters. The third-order valence-electron chi connectivity index (χ3n) is 4.72. The van der Waals surface area contributed by atoms with Gasteiger partial charge in [0.05, 0.1) is 35.2 Å². The van der Waals surface area contributed by atoms with Crippen molar-refractivity contribution in [3.63, 3.8) is 0 Å². The molecule has 0 radical (unpaired) electrons. The molecule has 2 aliphatic rings. The molecule has 2 fully saturated rings. The number of anilines is 1. The fraction of sp³-hybridized carbons (Fsp3) is 0.500. The molecule has 2 heterocycles. The van der Waals surface area contributed by atoms with E-state index in [0.29, 0.717) is 21.7 Å².